The molecule has 0 radical (unpaired) electrons. The molecule has 0 atom stereocenters. The van der Waals surface area contributed by atoms with Crippen LogP contribution in [0, 0.1) is 0 Å². The summed E-state index contributed by atoms with van der Waals surface area (Å²) in [7, 11) is 0. The number of aliphatic hydroxyl groups is 1. The first-order valence-electron chi connectivity index (χ1n) is 6.76. The van der Waals surface area contributed by atoms with Crippen LogP contribution in [-0.4, -0.2) is 40.1 Å². The molecule has 0 spiro atoms. The summed E-state index contributed by atoms with van der Waals surface area (Å²) in [5, 5.41) is 9.20. The minimum Gasteiger partial charge on any atom is -0.395 e. The van der Waals surface area contributed by atoms with Crippen molar-refractivity contribution in [3.05, 3.63) is 28.5 Å². The number of carbonyl (C=O) groups is 1. The third-order valence-corrected chi connectivity index (χ3v) is 4.02. The average Bonchev–Trinajstić information content (AvgIpc) is 2.45. The predicted octanol–water partition coefficient (Wildman–Crippen LogP) is 2.61. The van der Waals surface area contributed by atoms with Crippen molar-refractivity contribution >= 4 is 21.8 Å². The van der Waals surface area contributed by atoms with Crippen molar-refractivity contribution in [1.29, 1.82) is 0 Å². The van der Waals surface area contributed by atoms with Gasteiger partial charge in [-0.15, -0.1) is 0 Å². The normalized spacial score (nSPS) is 16.3. The molecule has 0 aliphatic heterocycles. The van der Waals surface area contributed by atoms with E-state index >= 15 is 0 Å². The number of pyridine rings is 1. The quantitative estimate of drug-likeness (QED) is 0.865. The topological polar surface area (TPSA) is 53.4 Å². The van der Waals surface area contributed by atoms with E-state index in [0.717, 1.165) is 12.8 Å². The number of hydrogen-bond donors (Lipinski definition) is 1. The maximum absolute atomic E-state index is 12.6. The lowest BCUT2D eigenvalue weighted by atomic mass is 9.93. The monoisotopic (exact) mass is 326 g/mol. The average molecular weight is 327 g/mol. The molecule has 1 aromatic rings. The number of aromatic nitrogens is 1. The Morgan fingerprint density at radius 2 is 2.16 bits per heavy atom. The van der Waals surface area contributed by atoms with Crippen LogP contribution in [0.15, 0.2) is 22.9 Å². The predicted molar refractivity (Wildman–Crippen MR) is 76.9 cm³/mol. The summed E-state index contributed by atoms with van der Waals surface area (Å²) in [6.45, 7) is 0.415. The molecule has 5 heteroatoms. The molecule has 1 aliphatic rings. The number of halogens is 1. The Morgan fingerprint density at radius 1 is 1.42 bits per heavy atom. The molecule has 1 fully saturated rings. The SMILES string of the molecule is O=C(c1ccnc(Br)c1)N(CCO)C1CCCCC1. The molecule has 0 unspecified atom stereocenters. The van der Waals surface area contributed by atoms with E-state index in [1.807, 2.05) is 4.90 Å². The Hall–Kier alpha value is -0.940. The first-order chi connectivity index (χ1) is 9.22. The van der Waals surface area contributed by atoms with E-state index in [1.165, 1.54) is 19.3 Å². The highest BCUT2D eigenvalue weighted by Crippen LogP contribution is 2.24. The molecular weight excluding hydrogens is 308 g/mol. The molecule has 4 nitrogen and oxygen atoms in total. The lowest BCUT2D eigenvalue weighted by Crippen LogP contribution is -2.43. The zero-order valence-electron chi connectivity index (χ0n) is 10.9. The molecule has 19 heavy (non-hydrogen) atoms. The highest BCUT2D eigenvalue weighted by atomic mass is 79.9. The van der Waals surface area contributed by atoms with Gasteiger partial charge in [0.25, 0.3) is 5.91 Å². The van der Waals surface area contributed by atoms with Crippen LogP contribution < -0.4 is 0 Å². The minimum atomic E-state index is -0.0101. The Morgan fingerprint density at radius 3 is 2.79 bits per heavy atom. The van der Waals surface area contributed by atoms with Gasteiger partial charge in [0.2, 0.25) is 0 Å². The largest absolute Gasteiger partial charge is 0.395 e. The number of hydrogen-bond acceptors (Lipinski definition) is 3. The zero-order valence-corrected chi connectivity index (χ0v) is 12.5. The van der Waals surface area contributed by atoms with Crippen molar-refractivity contribution < 1.29 is 9.90 Å². The molecule has 2 rings (SSSR count). The van der Waals surface area contributed by atoms with E-state index in [4.69, 9.17) is 0 Å². The van der Waals surface area contributed by atoms with Crippen molar-refractivity contribution in [1.82, 2.24) is 9.88 Å². The second-order valence-corrected chi connectivity index (χ2v) is 5.69. The Labute approximate surface area is 122 Å². The molecule has 1 saturated carbocycles. The van der Waals surface area contributed by atoms with Gasteiger partial charge >= 0.3 is 0 Å². The van der Waals surface area contributed by atoms with Crippen LogP contribution in [0.2, 0.25) is 0 Å². The van der Waals surface area contributed by atoms with E-state index < -0.39 is 0 Å². The van der Waals surface area contributed by atoms with Gasteiger partial charge in [-0.2, -0.15) is 0 Å². The minimum absolute atomic E-state index is 0.00843. The first-order valence-corrected chi connectivity index (χ1v) is 7.55. The van der Waals surface area contributed by atoms with Crippen LogP contribution in [0.25, 0.3) is 0 Å². The van der Waals surface area contributed by atoms with Gasteiger partial charge in [-0.1, -0.05) is 19.3 Å². The maximum atomic E-state index is 12.6. The number of nitrogens with zero attached hydrogens (tertiary/aromatic N) is 2. The maximum Gasteiger partial charge on any atom is 0.254 e. The molecule has 1 amide bonds. The van der Waals surface area contributed by atoms with Crippen molar-refractivity contribution in [3.63, 3.8) is 0 Å². The van der Waals surface area contributed by atoms with Gasteiger partial charge < -0.3 is 10.0 Å². The van der Waals surface area contributed by atoms with Gasteiger partial charge in [-0.3, -0.25) is 4.79 Å². The first kappa shape index (κ1) is 14.5. The van der Waals surface area contributed by atoms with Crippen LogP contribution in [0.4, 0.5) is 0 Å². The summed E-state index contributed by atoms with van der Waals surface area (Å²) in [6.07, 6.45) is 7.28. The molecule has 1 N–H and O–H groups in total. The fourth-order valence-electron chi connectivity index (χ4n) is 2.65. The third kappa shape index (κ3) is 3.76. The summed E-state index contributed by atoms with van der Waals surface area (Å²) in [5.41, 5.74) is 0.626. The molecule has 0 bridgehead atoms. The summed E-state index contributed by atoms with van der Waals surface area (Å²) in [4.78, 5) is 18.4. The second kappa shape index (κ2) is 7.01. The fraction of sp³-hybridized carbons (Fsp3) is 0.571. The number of aliphatic hydroxyl groups excluding tert-OH is 1. The second-order valence-electron chi connectivity index (χ2n) is 4.88. The molecule has 0 saturated heterocycles. The van der Waals surface area contributed by atoms with Crippen LogP contribution in [0.5, 0.6) is 0 Å². The Kier molecular flexibility index (Phi) is 5.34. The van der Waals surface area contributed by atoms with Crippen LogP contribution in [0.3, 0.4) is 0 Å². The summed E-state index contributed by atoms with van der Waals surface area (Å²) in [6, 6.07) is 3.72. The Balaban J connectivity index is 2.15. The van der Waals surface area contributed by atoms with Gasteiger partial charge in [0.1, 0.15) is 4.60 Å². The number of amides is 1. The lowest BCUT2D eigenvalue weighted by Gasteiger charge is -2.34. The van der Waals surface area contributed by atoms with Gasteiger partial charge in [0.15, 0.2) is 0 Å². The van der Waals surface area contributed by atoms with Crippen molar-refractivity contribution in [2.45, 2.75) is 38.1 Å². The molecule has 1 aromatic heterocycles. The van der Waals surface area contributed by atoms with Crippen LogP contribution >= 0.6 is 15.9 Å². The molecule has 1 aliphatic carbocycles. The summed E-state index contributed by atoms with van der Waals surface area (Å²) >= 11 is 3.28. The van der Waals surface area contributed by atoms with E-state index in [9.17, 15) is 9.90 Å². The fourth-order valence-corrected chi connectivity index (χ4v) is 3.02. The van der Waals surface area contributed by atoms with Crippen molar-refractivity contribution in [2.24, 2.45) is 0 Å². The molecule has 104 valence electrons. The molecule has 0 aromatic carbocycles. The van der Waals surface area contributed by atoms with Crippen molar-refractivity contribution in [2.75, 3.05) is 13.2 Å². The number of carbonyl (C=O) groups excluding carboxylic acids is 1. The summed E-state index contributed by atoms with van der Waals surface area (Å²) < 4.78 is 0.658. The Bertz CT molecular complexity index is 433. The molecular formula is C14H19BrN2O2. The van der Waals surface area contributed by atoms with Crippen molar-refractivity contribution in [3.8, 4) is 0 Å². The van der Waals surface area contributed by atoms with Crippen LogP contribution in [-0.2, 0) is 0 Å². The standard InChI is InChI=1S/C14H19BrN2O2/c15-13-10-11(6-7-16-13)14(19)17(8-9-18)12-4-2-1-3-5-12/h6-7,10,12,18H,1-5,8-9H2. The van der Waals surface area contributed by atoms with E-state index in [2.05, 4.69) is 20.9 Å². The zero-order chi connectivity index (χ0) is 13.7. The van der Waals surface area contributed by atoms with E-state index in [-0.39, 0.29) is 18.6 Å². The van der Waals surface area contributed by atoms with Gasteiger partial charge in [-0.25, -0.2) is 4.98 Å². The molecule has 1 heterocycles. The van der Waals surface area contributed by atoms with Gasteiger partial charge in [-0.05, 0) is 40.9 Å². The number of rotatable bonds is 4. The lowest BCUT2D eigenvalue weighted by molar-refractivity contribution is 0.0585. The highest BCUT2D eigenvalue weighted by Gasteiger charge is 2.25. The van der Waals surface area contributed by atoms with Crippen LogP contribution in [0.1, 0.15) is 42.5 Å². The van der Waals surface area contributed by atoms with Gasteiger partial charge in [0.05, 0.1) is 6.61 Å². The highest BCUT2D eigenvalue weighted by molar-refractivity contribution is 9.10. The summed E-state index contributed by atoms with van der Waals surface area (Å²) in [5.74, 6) is -0.0101. The van der Waals surface area contributed by atoms with Gasteiger partial charge in [0, 0.05) is 24.3 Å². The smallest absolute Gasteiger partial charge is 0.254 e. The van der Waals surface area contributed by atoms with E-state index in [0.29, 0.717) is 16.7 Å². The third-order valence-electron chi connectivity index (χ3n) is 3.59. The van der Waals surface area contributed by atoms with E-state index in [1.54, 1.807) is 18.3 Å².